The van der Waals surface area contributed by atoms with E-state index in [2.05, 4.69) is 23.8 Å². The molecule has 0 saturated carbocycles. The molecule has 1 heterocycles. The molecular formula is C12H25ClN2. The summed E-state index contributed by atoms with van der Waals surface area (Å²) in [5, 5.41) is 0. The molecule has 90 valence electrons. The number of piperazine rings is 1. The first-order valence-electron chi connectivity index (χ1n) is 6.22. The topological polar surface area (TPSA) is 6.48 Å². The Labute approximate surface area is 99.6 Å². The molecule has 1 rings (SSSR count). The van der Waals surface area contributed by atoms with Gasteiger partial charge in [0.2, 0.25) is 0 Å². The molecule has 15 heavy (non-hydrogen) atoms. The van der Waals surface area contributed by atoms with Crippen molar-refractivity contribution >= 4 is 11.6 Å². The molecule has 0 aromatic rings. The van der Waals surface area contributed by atoms with Crippen molar-refractivity contribution in [2.24, 2.45) is 0 Å². The molecule has 1 aliphatic rings. The monoisotopic (exact) mass is 232 g/mol. The smallest absolute Gasteiger partial charge is 0.0223 e. The normalized spacial score (nSPS) is 24.6. The molecule has 0 N–H and O–H groups in total. The number of hydrogen-bond donors (Lipinski definition) is 0. The van der Waals surface area contributed by atoms with Crippen molar-refractivity contribution in [3.63, 3.8) is 0 Å². The van der Waals surface area contributed by atoms with Crippen molar-refractivity contribution < 1.29 is 0 Å². The maximum absolute atomic E-state index is 5.65. The zero-order valence-electron chi connectivity index (χ0n) is 10.2. The number of unbranched alkanes of at least 4 members (excludes halogenated alkanes) is 3. The lowest BCUT2D eigenvalue weighted by Crippen LogP contribution is -2.50. The third kappa shape index (κ3) is 5.19. The number of nitrogens with zero attached hydrogens (tertiary/aromatic N) is 2. The maximum Gasteiger partial charge on any atom is 0.0223 e. The van der Waals surface area contributed by atoms with E-state index < -0.39 is 0 Å². The molecule has 0 bridgehead atoms. The van der Waals surface area contributed by atoms with Crippen molar-refractivity contribution in [1.82, 2.24) is 9.80 Å². The van der Waals surface area contributed by atoms with E-state index >= 15 is 0 Å². The zero-order chi connectivity index (χ0) is 11.1. The predicted octanol–water partition coefficient (Wildman–Crippen LogP) is 2.42. The SMILES string of the molecule is CC1CN(C)CCN1CCCCCCCl. The molecule has 0 aromatic carbocycles. The Kier molecular flexibility index (Phi) is 6.62. The summed E-state index contributed by atoms with van der Waals surface area (Å²) in [5.41, 5.74) is 0. The summed E-state index contributed by atoms with van der Waals surface area (Å²) in [7, 11) is 2.22. The lowest BCUT2D eigenvalue weighted by Gasteiger charge is -2.38. The van der Waals surface area contributed by atoms with Crippen molar-refractivity contribution in [2.75, 3.05) is 39.1 Å². The minimum Gasteiger partial charge on any atom is -0.304 e. The first-order valence-corrected chi connectivity index (χ1v) is 6.76. The zero-order valence-corrected chi connectivity index (χ0v) is 11.0. The van der Waals surface area contributed by atoms with E-state index in [1.165, 1.54) is 51.9 Å². The number of hydrogen-bond acceptors (Lipinski definition) is 2. The van der Waals surface area contributed by atoms with Gasteiger partial charge in [-0.15, -0.1) is 11.6 Å². The van der Waals surface area contributed by atoms with Crippen LogP contribution in [0.5, 0.6) is 0 Å². The van der Waals surface area contributed by atoms with Gasteiger partial charge in [0.25, 0.3) is 0 Å². The summed E-state index contributed by atoms with van der Waals surface area (Å²) in [6.45, 7) is 7.31. The fourth-order valence-corrected chi connectivity index (χ4v) is 2.46. The van der Waals surface area contributed by atoms with Crippen LogP contribution in [0.2, 0.25) is 0 Å². The van der Waals surface area contributed by atoms with Gasteiger partial charge in [-0.3, -0.25) is 4.90 Å². The van der Waals surface area contributed by atoms with Crippen molar-refractivity contribution in [3.8, 4) is 0 Å². The first-order chi connectivity index (χ1) is 7.24. The molecule has 1 fully saturated rings. The maximum atomic E-state index is 5.65. The number of halogens is 1. The Bertz CT molecular complexity index is 164. The van der Waals surface area contributed by atoms with Crippen LogP contribution in [0, 0.1) is 0 Å². The standard InChI is InChI=1S/C12H25ClN2/c1-12-11-14(2)9-10-15(12)8-6-4-3-5-7-13/h12H,3-11H2,1-2H3. The molecule has 2 nitrogen and oxygen atoms in total. The molecule has 0 spiro atoms. The molecule has 0 aliphatic carbocycles. The van der Waals surface area contributed by atoms with Crippen LogP contribution in [0.15, 0.2) is 0 Å². The van der Waals surface area contributed by atoms with Gasteiger partial charge in [-0.05, 0) is 33.4 Å². The fraction of sp³-hybridized carbons (Fsp3) is 1.00. The summed E-state index contributed by atoms with van der Waals surface area (Å²) < 4.78 is 0. The van der Waals surface area contributed by atoms with E-state index in [0.29, 0.717) is 0 Å². The van der Waals surface area contributed by atoms with Gasteiger partial charge in [0, 0.05) is 31.6 Å². The van der Waals surface area contributed by atoms with Crippen molar-refractivity contribution in [3.05, 3.63) is 0 Å². The average Bonchev–Trinajstić information content (AvgIpc) is 2.20. The first kappa shape index (κ1) is 13.3. The predicted molar refractivity (Wildman–Crippen MR) is 67.7 cm³/mol. The molecule has 0 radical (unpaired) electrons. The third-order valence-electron chi connectivity index (χ3n) is 3.30. The summed E-state index contributed by atoms with van der Waals surface area (Å²) in [6.07, 6.45) is 5.15. The van der Waals surface area contributed by atoms with E-state index in [1.54, 1.807) is 0 Å². The highest BCUT2D eigenvalue weighted by Gasteiger charge is 2.20. The Hall–Kier alpha value is 0.210. The van der Waals surface area contributed by atoms with Gasteiger partial charge in [-0.25, -0.2) is 0 Å². The van der Waals surface area contributed by atoms with E-state index in [4.69, 9.17) is 11.6 Å². The van der Waals surface area contributed by atoms with Crippen LogP contribution >= 0.6 is 11.6 Å². The molecule has 3 heteroatoms. The second kappa shape index (κ2) is 7.48. The minimum atomic E-state index is 0.733. The molecule has 0 aromatic heterocycles. The van der Waals surface area contributed by atoms with Gasteiger partial charge in [-0.2, -0.15) is 0 Å². The van der Waals surface area contributed by atoms with Gasteiger partial charge in [0.05, 0.1) is 0 Å². The molecule has 1 aliphatic heterocycles. The fourth-order valence-electron chi connectivity index (χ4n) is 2.27. The summed E-state index contributed by atoms with van der Waals surface area (Å²) >= 11 is 5.65. The summed E-state index contributed by atoms with van der Waals surface area (Å²) in [6, 6.07) is 0.733. The molecular weight excluding hydrogens is 208 g/mol. The molecule has 1 unspecified atom stereocenters. The third-order valence-corrected chi connectivity index (χ3v) is 3.56. The van der Waals surface area contributed by atoms with Gasteiger partial charge < -0.3 is 4.90 Å². The van der Waals surface area contributed by atoms with Crippen LogP contribution < -0.4 is 0 Å². The quantitative estimate of drug-likeness (QED) is 0.513. The van der Waals surface area contributed by atoms with Crippen LogP contribution in [-0.2, 0) is 0 Å². The van der Waals surface area contributed by atoms with Crippen LogP contribution in [0.3, 0.4) is 0 Å². The van der Waals surface area contributed by atoms with Crippen molar-refractivity contribution in [1.29, 1.82) is 0 Å². The largest absolute Gasteiger partial charge is 0.304 e. The lowest BCUT2D eigenvalue weighted by atomic mass is 10.1. The van der Waals surface area contributed by atoms with E-state index in [9.17, 15) is 0 Å². The number of likely N-dealkylation sites (N-methyl/N-ethyl adjacent to an activating group) is 1. The highest BCUT2D eigenvalue weighted by Crippen LogP contribution is 2.10. The Morgan fingerprint density at radius 3 is 2.53 bits per heavy atom. The highest BCUT2D eigenvalue weighted by molar-refractivity contribution is 6.17. The second-order valence-electron chi connectivity index (χ2n) is 4.75. The van der Waals surface area contributed by atoms with Gasteiger partial charge in [0.15, 0.2) is 0 Å². The van der Waals surface area contributed by atoms with Gasteiger partial charge >= 0.3 is 0 Å². The number of rotatable bonds is 6. The highest BCUT2D eigenvalue weighted by atomic mass is 35.5. The molecule has 1 saturated heterocycles. The average molecular weight is 233 g/mol. The number of alkyl halides is 1. The minimum absolute atomic E-state index is 0.733. The van der Waals surface area contributed by atoms with Crippen LogP contribution in [0.25, 0.3) is 0 Å². The molecule has 1 atom stereocenters. The van der Waals surface area contributed by atoms with E-state index in [0.717, 1.165) is 11.9 Å². The Morgan fingerprint density at radius 2 is 1.87 bits per heavy atom. The van der Waals surface area contributed by atoms with Crippen LogP contribution in [0.1, 0.15) is 32.6 Å². The lowest BCUT2D eigenvalue weighted by molar-refractivity contribution is 0.0984. The van der Waals surface area contributed by atoms with Crippen LogP contribution in [-0.4, -0.2) is 54.9 Å². The van der Waals surface area contributed by atoms with Gasteiger partial charge in [0.1, 0.15) is 0 Å². The summed E-state index contributed by atoms with van der Waals surface area (Å²) in [5.74, 6) is 0.824. The molecule has 0 amide bonds. The second-order valence-corrected chi connectivity index (χ2v) is 5.13. The van der Waals surface area contributed by atoms with Crippen molar-refractivity contribution in [2.45, 2.75) is 38.6 Å². The van der Waals surface area contributed by atoms with Gasteiger partial charge in [-0.1, -0.05) is 12.8 Å². The van der Waals surface area contributed by atoms with E-state index in [1.807, 2.05) is 0 Å². The van der Waals surface area contributed by atoms with Crippen LogP contribution in [0.4, 0.5) is 0 Å². The Morgan fingerprint density at radius 1 is 1.13 bits per heavy atom. The Balaban J connectivity index is 2.05. The summed E-state index contributed by atoms with van der Waals surface area (Å²) in [4.78, 5) is 5.05. The van der Waals surface area contributed by atoms with E-state index in [-0.39, 0.29) is 0 Å².